The zero-order valence-corrected chi connectivity index (χ0v) is 16.4. The van der Waals surface area contributed by atoms with Gasteiger partial charge < -0.3 is 20.9 Å². The molecule has 1 aromatic rings. The highest BCUT2D eigenvalue weighted by molar-refractivity contribution is 8.00. The number of aliphatic carboxylic acids is 1. The summed E-state index contributed by atoms with van der Waals surface area (Å²) in [5, 5.41) is 13.0. The Morgan fingerprint density at radius 1 is 1.43 bits per heavy atom. The monoisotopic (exact) mass is 443 g/mol. The van der Waals surface area contributed by atoms with Gasteiger partial charge in [0, 0.05) is 11.3 Å². The van der Waals surface area contributed by atoms with E-state index in [2.05, 4.69) is 10.1 Å². The number of thioether (sulfide) groups is 1. The zero-order valence-electron chi connectivity index (χ0n) is 13.9. The summed E-state index contributed by atoms with van der Waals surface area (Å²) in [5.74, 6) is -2.49. The van der Waals surface area contributed by atoms with Crippen molar-refractivity contribution >= 4 is 63.1 Å². The van der Waals surface area contributed by atoms with Crippen molar-refractivity contribution in [3.63, 3.8) is 0 Å². The van der Waals surface area contributed by atoms with Crippen molar-refractivity contribution in [1.82, 2.24) is 10.2 Å². The molecule has 148 valence electrons. The minimum Gasteiger partial charge on any atom is -0.477 e. The lowest BCUT2D eigenvalue weighted by atomic mass is 10.0. The molecule has 0 aliphatic carbocycles. The molecule has 10 nitrogen and oxygen atoms in total. The maximum atomic E-state index is 12.5. The van der Waals surface area contributed by atoms with Crippen molar-refractivity contribution in [3.8, 4) is 0 Å². The van der Waals surface area contributed by atoms with E-state index < -0.39 is 35.3 Å². The summed E-state index contributed by atoms with van der Waals surface area (Å²) in [6, 6.07) is 2.34. The molecule has 0 radical (unpaired) electrons. The van der Waals surface area contributed by atoms with Crippen LogP contribution in [0.15, 0.2) is 28.8 Å². The summed E-state index contributed by atoms with van der Waals surface area (Å²) in [6.45, 7) is -0.347. The van der Waals surface area contributed by atoms with Crippen molar-refractivity contribution < 1.29 is 33.2 Å². The van der Waals surface area contributed by atoms with Crippen molar-refractivity contribution in [2.75, 3.05) is 12.4 Å². The lowest BCUT2D eigenvalue weighted by Crippen LogP contribution is -2.71. The maximum absolute atomic E-state index is 12.5. The predicted octanol–water partition coefficient (Wildman–Crippen LogP) is -0.684. The first-order valence-corrected chi connectivity index (χ1v) is 10.4. The summed E-state index contributed by atoms with van der Waals surface area (Å²) in [7, 11) is 0. The van der Waals surface area contributed by atoms with E-state index in [0.717, 1.165) is 4.90 Å². The number of nitrogens with two attached hydrogens (primary N) is 1. The smallest absolute Gasteiger partial charge is 0.404 e. The van der Waals surface area contributed by atoms with Crippen molar-refractivity contribution in [2.24, 2.45) is 5.73 Å². The van der Waals surface area contributed by atoms with Crippen LogP contribution in [-0.2, 0) is 30.4 Å². The summed E-state index contributed by atoms with van der Waals surface area (Å²) < 4.78 is 16.0. The molecule has 28 heavy (non-hydrogen) atoms. The largest absolute Gasteiger partial charge is 0.477 e. The maximum Gasteiger partial charge on any atom is 0.404 e. The number of hydrogen-bond donors (Lipinski definition) is 3. The highest BCUT2D eigenvalue weighted by Gasteiger charge is 2.54. The predicted molar refractivity (Wildman–Crippen MR) is 102 cm³/mol. The van der Waals surface area contributed by atoms with E-state index in [-0.39, 0.29) is 39.8 Å². The van der Waals surface area contributed by atoms with Crippen molar-refractivity contribution in [1.29, 1.82) is 0 Å². The van der Waals surface area contributed by atoms with Crippen LogP contribution in [0.25, 0.3) is 0 Å². The second kappa shape index (κ2) is 8.16. The number of β-lactam (4-membered cyclic amide) rings is 1. The van der Waals surface area contributed by atoms with Crippen LogP contribution in [0.3, 0.4) is 0 Å². The summed E-state index contributed by atoms with van der Waals surface area (Å²) >= 11 is 2.45. The second-order valence-electron chi connectivity index (χ2n) is 5.62. The van der Waals surface area contributed by atoms with E-state index in [0.29, 0.717) is 4.88 Å². The van der Waals surface area contributed by atoms with Gasteiger partial charge in [-0.3, -0.25) is 14.5 Å². The molecule has 3 heterocycles. The molecule has 2 aliphatic heterocycles. The lowest BCUT2D eigenvalue weighted by molar-refractivity contribution is -0.150. The summed E-state index contributed by atoms with van der Waals surface area (Å²) in [6.07, 6.45) is -1.06. The van der Waals surface area contributed by atoms with Crippen LogP contribution in [0.1, 0.15) is 4.88 Å². The summed E-state index contributed by atoms with van der Waals surface area (Å²) in [5.41, 5.74) is 4.84. The van der Waals surface area contributed by atoms with Gasteiger partial charge in [0.2, 0.25) is 0 Å². The SMILES string of the molecule is NC(=O)OCC1=C(C(=O)O)N2C(=O)C(NC(=O)C(=S=O)c3cccs3)[C@H]2SC1. The first-order chi connectivity index (χ1) is 13.3. The van der Waals surface area contributed by atoms with Gasteiger partial charge in [0.25, 0.3) is 11.8 Å². The van der Waals surface area contributed by atoms with Gasteiger partial charge in [0.05, 0.1) is 4.88 Å². The van der Waals surface area contributed by atoms with E-state index in [1.165, 1.54) is 23.1 Å². The minimum atomic E-state index is -1.35. The van der Waals surface area contributed by atoms with E-state index in [1.54, 1.807) is 17.5 Å². The van der Waals surface area contributed by atoms with Crippen LogP contribution >= 0.6 is 23.1 Å². The van der Waals surface area contributed by atoms with Gasteiger partial charge in [-0.05, 0) is 11.4 Å². The molecule has 1 unspecified atom stereocenters. The fourth-order valence-corrected chi connectivity index (χ4v) is 5.28. The molecule has 13 heteroatoms. The van der Waals surface area contributed by atoms with E-state index in [9.17, 15) is 28.5 Å². The normalized spacial score (nSPS) is 20.7. The number of thiophene rings is 1. The Morgan fingerprint density at radius 3 is 2.75 bits per heavy atom. The molecule has 3 amide bonds. The Kier molecular flexibility index (Phi) is 5.86. The van der Waals surface area contributed by atoms with Gasteiger partial charge in [0.15, 0.2) is 0 Å². The summed E-state index contributed by atoms with van der Waals surface area (Å²) in [4.78, 5) is 48.8. The molecule has 1 aromatic heterocycles. The van der Waals surface area contributed by atoms with Crippen LogP contribution < -0.4 is 11.1 Å². The first kappa shape index (κ1) is 20.1. The zero-order chi connectivity index (χ0) is 20.4. The molecule has 3 rings (SSSR count). The molecule has 0 spiro atoms. The molecular weight excluding hydrogens is 430 g/mol. The first-order valence-electron chi connectivity index (χ1n) is 7.69. The van der Waals surface area contributed by atoms with Crippen LogP contribution in [-0.4, -0.2) is 66.7 Å². The van der Waals surface area contributed by atoms with Gasteiger partial charge in [-0.25, -0.2) is 13.8 Å². The molecule has 4 N–H and O–H groups in total. The molecule has 2 aliphatic rings. The number of rotatable bonds is 6. The van der Waals surface area contributed by atoms with Crippen molar-refractivity contribution in [2.45, 2.75) is 11.4 Å². The number of hydrogen-bond acceptors (Lipinski definition) is 8. The number of carboxylic acid groups (broad SMARTS) is 1. The molecule has 1 saturated heterocycles. The van der Waals surface area contributed by atoms with E-state index in [4.69, 9.17) is 5.73 Å². The standard InChI is InChI=1S/C15H13N3O7S3/c16-15(23)25-4-6-5-27-13-8(12(20)18(13)9(6)14(21)22)17-11(19)10(28-24)7-2-1-3-26-7/h1-3,8,13H,4-5H2,(H2,16,23)(H,17,19)(H,21,22)/t8?,13-/m1/s1. The quantitative estimate of drug-likeness (QED) is 0.296. The molecular formula is C15H13N3O7S3. The average molecular weight is 443 g/mol. The third-order valence-electron chi connectivity index (χ3n) is 3.96. The number of carboxylic acids is 1. The van der Waals surface area contributed by atoms with Crippen LogP contribution in [0, 0.1) is 0 Å². The Hall–Kier alpha value is -2.64. The molecule has 1 fully saturated rings. The third kappa shape index (κ3) is 3.68. The Bertz CT molecular complexity index is 937. The average Bonchev–Trinajstić information content (AvgIpc) is 3.18. The number of carbonyl (C=O) groups is 4. The fraction of sp³-hybridized carbons (Fsp3) is 0.267. The second-order valence-corrected chi connectivity index (χ2v) is 8.24. The third-order valence-corrected chi connectivity index (χ3v) is 6.89. The van der Waals surface area contributed by atoms with Crippen LogP contribution in [0.5, 0.6) is 0 Å². The number of nitrogens with zero attached hydrogens (tertiary/aromatic N) is 1. The van der Waals surface area contributed by atoms with E-state index in [1.807, 2.05) is 0 Å². The van der Waals surface area contributed by atoms with Crippen LogP contribution in [0.2, 0.25) is 0 Å². The van der Waals surface area contributed by atoms with Gasteiger partial charge in [-0.2, -0.15) is 0 Å². The highest BCUT2D eigenvalue weighted by atomic mass is 32.2. The Labute approximate surface area is 169 Å². The molecule has 0 bridgehead atoms. The number of nitrogens with one attached hydrogen (secondary N) is 1. The van der Waals surface area contributed by atoms with Crippen LogP contribution in [0.4, 0.5) is 4.79 Å². The Morgan fingerprint density at radius 2 is 2.18 bits per heavy atom. The molecule has 0 aromatic carbocycles. The molecule has 2 atom stereocenters. The molecule has 0 saturated carbocycles. The fourth-order valence-electron chi connectivity index (χ4n) is 2.76. The van der Waals surface area contributed by atoms with E-state index >= 15 is 0 Å². The van der Waals surface area contributed by atoms with Crippen molar-refractivity contribution in [3.05, 3.63) is 33.7 Å². The van der Waals surface area contributed by atoms with Gasteiger partial charge in [-0.1, -0.05) is 6.07 Å². The lowest BCUT2D eigenvalue weighted by Gasteiger charge is -2.49. The highest BCUT2D eigenvalue weighted by Crippen LogP contribution is 2.40. The topological polar surface area (TPSA) is 156 Å². The number of carbonyl (C=O) groups excluding carboxylic acids is 3. The number of ether oxygens (including phenoxy) is 1. The number of fused-ring (bicyclic) bond motifs is 1. The van der Waals surface area contributed by atoms with Gasteiger partial charge in [-0.15, -0.1) is 23.1 Å². The number of amides is 3. The number of primary amides is 1. The Balaban J connectivity index is 1.76. The minimum absolute atomic E-state index is 0.0276. The van der Waals surface area contributed by atoms with Gasteiger partial charge >= 0.3 is 12.1 Å². The van der Waals surface area contributed by atoms with Gasteiger partial charge in [0.1, 0.15) is 39.8 Å².